The summed E-state index contributed by atoms with van der Waals surface area (Å²) in [5, 5.41) is 2.80. The molecule has 3 N–H and O–H groups in total. The van der Waals surface area contributed by atoms with E-state index >= 15 is 0 Å². The van der Waals surface area contributed by atoms with Crippen molar-refractivity contribution in [3.63, 3.8) is 0 Å². The summed E-state index contributed by atoms with van der Waals surface area (Å²) < 4.78 is 13.8. The number of benzene rings is 1. The summed E-state index contributed by atoms with van der Waals surface area (Å²) in [6.45, 7) is 3.39. The molecule has 4 nitrogen and oxygen atoms in total. The van der Waals surface area contributed by atoms with Gasteiger partial charge in [0.05, 0.1) is 6.54 Å². The number of carbonyl (C=O) groups is 1. The minimum absolute atomic E-state index is 0.0348. The first kappa shape index (κ1) is 12.8. The van der Waals surface area contributed by atoms with Crippen LogP contribution in [0.3, 0.4) is 0 Å². The number of amides is 1. The molecule has 18 heavy (non-hydrogen) atoms. The molecule has 1 amide bonds. The third kappa shape index (κ3) is 2.61. The van der Waals surface area contributed by atoms with Crippen LogP contribution in [-0.4, -0.2) is 25.5 Å². The molecule has 1 heterocycles. The number of hydrogen-bond acceptors (Lipinski definition) is 3. The molecule has 1 atom stereocenters. The summed E-state index contributed by atoms with van der Waals surface area (Å²) in [7, 11) is 0. The first-order valence-corrected chi connectivity index (χ1v) is 6.15. The maximum Gasteiger partial charge on any atom is 0.239 e. The summed E-state index contributed by atoms with van der Waals surface area (Å²) in [6.07, 6.45) is 0.848. The quantitative estimate of drug-likeness (QED) is 0.829. The third-order valence-corrected chi connectivity index (χ3v) is 3.09. The fraction of sp³-hybridized carbons (Fsp3) is 0.462. The van der Waals surface area contributed by atoms with Gasteiger partial charge in [0.1, 0.15) is 5.82 Å². The molecule has 1 saturated heterocycles. The molecule has 0 unspecified atom stereocenters. The summed E-state index contributed by atoms with van der Waals surface area (Å²) in [4.78, 5) is 13.4. The standard InChI is InChI=1S/C13H18FN3O/c1-9(15)13-10(14)4-2-5-11(13)17-7-3-6-16-12(18)8-17/h2,4-5,9H,3,6-8,15H2,1H3,(H,16,18)/t9-/m0/s1. The monoisotopic (exact) mass is 251 g/mol. The van der Waals surface area contributed by atoms with E-state index in [1.165, 1.54) is 6.07 Å². The maximum absolute atomic E-state index is 13.8. The van der Waals surface area contributed by atoms with E-state index in [9.17, 15) is 9.18 Å². The Kier molecular flexibility index (Phi) is 3.81. The minimum Gasteiger partial charge on any atom is -0.362 e. The Morgan fingerprint density at radius 3 is 3.00 bits per heavy atom. The first-order chi connectivity index (χ1) is 8.59. The number of carbonyl (C=O) groups excluding carboxylic acids is 1. The van der Waals surface area contributed by atoms with Gasteiger partial charge in [0.25, 0.3) is 0 Å². The molecule has 0 radical (unpaired) electrons. The zero-order valence-electron chi connectivity index (χ0n) is 10.4. The predicted octanol–water partition coefficient (Wildman–Crippen LogP) is 1.17. The van der Waals surface area contributed by atoms with Crippen molar-refractivity contribution in [2.24, 2.45) is 5.73 Å². The van der Waals surface area contributed by atoms with Gasteiger partial charge in [0, 0.05) is 30.4 Å². The van der Waals surface area contributed by atoms with Crippen molar-refractivity contribution >= 4 is 11.6 Å². The van der Waals surface area contributed by atoms with E-state index in [2.05, 4.69) is 5.32 Å². The number of hydrogen-bond donors (Lipinski definition) is 2. The topological polar surface area (TPSA) is 58.4 Å². The van der Waals surface area contributed by atoms with Gasteiger partial charge in [-0.1, -0.05) is 6.07 Å². The number of anilines is 1. The van der Waals surface area contributed by atoms with Crippen molar-refractivity contribution in [3.05, 3.63) is 29.6 Å². The summed E-state index contributed by atoms with van der Waals surface area (Å²) in [6, 6.07) is 4.48. The van der Waals surface area contributed by atoms with Gasteiger partial charge in [-0.05, 0) is 25.5 Å². The molecule has 0 aromatic heterocycles. The first-order valence-electron chi connectivity index (χ1n) is 6.15. The molecule has 1 fully saturated rings. The highest BCUT2D eigenvalue weighted by Crippen LogP contribution is 2.28. The number of halogens is 1. The van der Waals surface area contributed by atoms with Gasteiger partial charge in [-0.15, -0.1) is 0 Å². The Labute approximate surface area is 106 Å². The van der Waals surface area contributed by atoms with E-state index in [4.69, 9.17) is 5.73 Å². The summed E-state index contributed by atoms with van der Waals surface area (Å²) in [5.74, 6) is -0.348. The molecular formula is C13H18FN3O. The Balaban J connectivity index is 2.37. The van der Waals surface area contributed by atoms with Crippen molar-refractivity contribution < 1.29 is 9.18 Å². The average Bonchev–Trinajstić information content (AvgIpc) is 2.53. The van der Waals surface area contributed by atoms with Crippen LogP contribution >= 0.6 is 0 Å². The number of nitrogens with zero attached hydrogens (tertiary/aromatic N) is 1. The molecule has 0 spiro atoms. The van der Waals surface area contributed by atoms with Crippen molar-refractivity contribution in [2.45, 2.75) is 19.4 Å². The van der Waals surface area contributed by atoms with Crippen LogP contribution in [0.2, 0.25) is 0 Å². The minimum atomic E-state index is -0.396. The molecule has 2 rings (SSSR count). The lowest BCUT2D eigenvalue weighted by atomic mass is 10.0. The van der Waals surface area contributed by atoms with Gasteiger partial charge in [-0.2, -0.15) is 0 Å². The van der Waals surface area contributed by atoms with Crippen molar-refractivity contribution in [3.8, 4) is 0 Å². The Bertz CT molecular complexity index is 448. The van der Waals surface area contributed by atoms with Crippen LogP contribution in [0, 0.1) is 5.82 Å². The SMILES string of the molecule is C[C@H](N)c1c(F)cccc1N1CCCNC(=O)C1. The van der Waals surface area contributed by atoms with Gasteiger partial charge >= 0.3 is 0 Å². The second-order valence-electron chi connectivity index (χ2n) is 4.59. The predicted molar refractivity (Wildman–Crippen MR) is 68.8 cm³/mol. The van der Waals surface area contributed by atoms with Crippen LogP contribution in [0.25, 0.3) is 0 Å². The van der Waals surface area contributed by atoms with Gasteiger partial charge < -0.3 is 16.0 Å². The lowest BCUT2D eigenvalue weighted by Gasteiger charge is -2.25. The molecule has 1 aromatic rings. The molecular weight excluding hydrogens is 233 g/mol. The normalized spacial score (nSPS) is 18.2. The largest absolute Gasteiger partial charge is 0.362 e. The lowest BCUT2D eigenvalue weighted by Crippen LogP contribution is -2.34. The lowest BCUT2D eigenvalue weighted by molar-refractivity contribution is -0.119. The van der Waals surface area contributed by atoms with Crippen molar-refractivity contribution in [2.75, 3.05) is 24.5 Å². The van der Waals surface area contributed by atoms with Gasteiger partial charge in [-0.3, -0.25) is 4.79 Å². The fourth-order valence-electron chi connectivity index (χ4n) is 2.26. The Hall–Kier alpha value is -1.62. The Morgan fingerprint density at radius 1 is 1.50 bits per heavy atom. The van der Waals surface area contributed by atoms with Gasteiger partial charge in [-0.25, -0.2) is 4.39 Å². The highest BCUT2D eigenvalue weighted by Gasteiger charge is 2.20. The zero-order valence-corrected chi connectivity index (χ0v) is 10.4. The number of nitrogens with one attached hydrogen (secondary N) is 1. The van der Waals surface area contributed by atoms with E-state index < -0.39 is 6.04 Å². The third-order valence-electron chi connectivity index (χ3n) is 3.09. The summed E-state index contributed by atoms with van der Waals surface area (Å²) in [5.41, 5.74) is 7.03. The van der Waals surface area contributed by atoms with Crippen LogP contribution in [0.4, 0.5) is 10.1 Å². The molecule has 98 valence electrons. The van der Waals surface area contributed by atoms with E-state index in [0.29, 0.717) is 12.1 Å². The van der Waals surface area contributed by atoms with Crippen LogP contribution in [0.1, 0.15) is 24.9 Å². The van der Waals surface area contributed by atoms with Crippen LogP contribution in [0.15, 0.2) is 18.2 Å². The highest BCUT2D eigenvalue weighted by atomic mass is 19.1. The zero-order chi connectivity index (χ0) is 13.1. The van der Waals surface area contributed by atoms with Crippen LogP contribution < -0.4 is 16.0 Å². The van der Waals surface area contributed by atoms with Crippen LogP contribution in [0.5, 0.6) is 0 Å². The second kappa shape index (κ2) is 5.35. The van der Waals surface area contributed by atoms with E-state index in [1.54, 1.807) is 13.0 Å². The van der Waals surface area contributed by atoms with E-state index in [1.807, 2.05) is 11.0 Å². The average molecular weight is 251 g/mol. The molecule has 0 aliphatic carbocycles. The molecule has 1 aliphatic rings. The molecule has 1 aromatic carbocycles. The van der Waals surface area contributed by atoms with Crippen molar-refractivity contribution in [1.82, 2.24) is 5.32 Å². The fourth-order valence-corrected chi connectivity index (χ4v) is 2.26. The molecule has 1 aliphatic heterocycles. The van der Waals surface area contributed by atoms with Gasteiger partial charge in [0.15, 0.2) is 0 Å². The van der Waals surface area contributed by atoms with E-state index in [0.717, 1.165) is 18.7 Å². The van der Waals surface area contributed by atoms with Crippen LogP contribution in [-0.2, 0) is 4.79 Å². The number of rotatable bonds is 2. The van der Waals surface area contributed by atoms with Crippen molar-refractivity contribution in [1.29, 1.82) is 0 Å². The van der Waals surface area contributed by atoms with E-state index in [-0.39, 0.29) is 18.3 Å². The maximum atomic E-state index is 13.8. The summed E-state index contributed by atoms with van der Waals surface area (Å²) >= 11 is 0. The highest BCUT2D eigenvalue weighted by molar-refractivity contribution is 5.82. The molecule has 5 heteroatoms. The van der Waals surface area contributed by atoms with Gasteiger partial charge in [0.2, 0.25) is 5.91 Å². The molecule has 0 saturated carbocycles. The smallest absolute Gasteiger partial charge is 0.239 e. The number of nitrogens with two attached hydrogens (primary N) is 1. The second-order valence-corrected chi connectivity index (χ2v) is 4.59. The molecule has 0 bridgehead atoms. The Morgan fingerprint density at radius 2 is 2.28 bits per heavy atom.